The maximum atomic E-state index is 5.96. The van der Waals surface area contributed by atoms with E-state index in [1.54, 1.807) is 0 Å². The number of nitrogens with two attached hydrogens (primary N) is 1. The Morgan fingerprint density at radius 3 is 2.73 bits per heavy atom. The minimum absolute atomic E-state index is 0.239. The van der Waals surface area contributed by atoms with Gasteiger partial charge >= 0.3 is 0 Å². The molecule has 0 aromatic heterocycles. The number of hydrogen-bond donors (Lipinski definition) is 1. The van der Waals surface area contributed by atoms with E-state index in [2.05, 4.69) is 37.4 Å². The molecule has 0 amide bonds. The van der Waals surface area contributed by atoms with Crippen LogP contribution in [-0.2, 0) is 0 Å². The van der Waals surface area contributed by atoms with Crippen molar-refractivity contribution in [3.63, 3.8) is 0 Å². The summed E-state index contributed by atoms with van der Waals surface area (Å²) in [6, 6.07) is 0. The molecule has 1 aliphatic rings. The van der Waals surface area contributed by atoms with Gasteiger partial charge in [-0.15, -0.1) is 0 Å². The third-order valence-electron chi connectivity index (χ3n) is 3.59. The quantitative estimate of drug-likeness (QED) is 0.786. The molecule has 0 radical (unpaired) electrons. The minimum Gasteiger partial charge on any atom is -0.329 e. The third-order valence-corrected chi connectivity index (χ3v) is 4.96. The molecule has 3 heteroatoms. The van der Waals surface area contributed by atoms with Crippen LogP contribution in [0.3, 0.4) is 0 Å². The average molecular weight is 230 g/mol. The van der Waals surface area contributed by atoms with Crippen molar-refractivity contribution in [2.45, 2.75) is 50.8 Å². The first-order chi connectivity index (χ1) is 7.16. The molecule has 0 bridgehead atoms. The second-order valence-corrected chi connectivity index (χ2v) is 6.21. The first kappa shape index (κ1) is 13.3. The smallest absolute Gasteiger partial charge is 0.0304 e. The molecule has 1 heterocycles. The Kier molecular flexibility index (Phi) is 5.44. The van der Waals surface area contributed by atoms with Crippen LogP contribution in [-0.4, -0.2) is 41.1 Å². The molecule has 0 saturated carbocycles. The van der Waals surface area contributed by atoms with Crippen LogP contribution in [0.4, 0.5) is 0 Å². The maximum absolute atomic E-state index is 5.96. The predicted molar refractivity (Wildman–Crippen MR) is 70.5 cm³/mol. The van der Waals surface area contributed by atoms with Crippen LogP contribution in [0.25, 0.3) is 0 Å². The van der Waals surface area contributed by atoms with Gasteiger partial charge < -0.3 is 5.73 Å². The number of nitrogens with zero attached hydrogens (tertiary/aromatic N) is 1. The normalized spacial score (nSPS) is 27.6. The molecule has 90 valence electrons. The SMILES string of the molecule is CCCC(C)(CN)N1CCSC(CC)C1. The fraction of sp³-hybridized carbons (Fsp3) is 1.00. The monoisotopic (exact) mass is 230 g/mol. The van der Waals surface area contributed by atoms with Crippen molar-refractivity contribution in [2.24, 2.45) is 5.73 Å². The summed E-state index contributed by atoms with van der Waals surface area (Å²) in [4.78, 5) is 2.63. The van der Waals surface area contributed by atoms with Gasteiger partial charge in [-0.2, -0.15) is 11.8 Å². The van der Waals surface area contributed by atoms with Gasteiger partial charge in [0.15, 0.2) is 0 Å². The maximum Gasteiger partial charge on any atom is 0.0304 e. The second-order valence-electron chi connectivity index (χ2n) is 4.80. The van der Waals surface area contributed by atoms with Crippen LogP contribution in [0.2, 0.25) is 0 Å². The Balaban J connectivity index is 2.58. The van der Waals surface area contributed by atoms with Crippen LogP contribution < -0.4 is 5.73 Å². The Bertz CT molecular complexity index is 186. The van der Waals surface area contributed by atoms with E-state index in [9.17, 15) is 0 Å². The first-order valence-corrected chi connectivity index (χ1v) is 7.28. The van der Waals surface area contributed by atoms with Gasteiger partial charge in [0.1, 0.15) is 0 Å². The largest absolute Gasteiger partial charge is 0.329 e. The third kappa shape index (κ3) is 3.36. The van der Waals surface area contributed by atoms with E-state index in [1.807, 2.05) is 0 Å². The second kappa shape index (κ2) is 6.12. The van der Waals surface area contributed by atoms with Crippen molar-refractivity contribution in [2.75, 3.05) is 25.4 Å². The summed E-state index contributed by atoms with van der Waals surface area (Å²) in [6.07, 6.45) is 3.74. The zero-order valence-electron chi connectivity index (χ0n) is 10.5. The zero-order chi connectivity index (χ0) is 11.3. The Morgan fingerprint density at radius 2 is 2.20 bits per heavy atom. The number of thioether (sulfide) groups is 1. The summed E-state index contributed by atoms with van der Waals surface area (Å²) in [5, 5.41) is 0.821. The molecule has 2 atom stereocenters. The zero-order valence-corrected chi connectivity index (χ0v) is 11.3. The minimum atomic E-state index is 0.239. The molecule has 1 aliphatic heterocycles. The van der Waals surface area contributed by atoms with E-state index in [4.69, 9.17) is 5.73 Å². The van der Waals surface area contributed by atoms with E-state index in [-0.39, 0.29) is 5.54 Å². The van der Waals surface area contributed by atoms with Gasteiger partial charge in [0.2, 0.25) is 0 Å². The van der Waals surface area contributed by atoms with Gasteiger partial charge in [-0.3, -0.25) is 4.90 Å². The van der Waals surface area contributed by atoms with Crippen LogP contribution in [0.1, 0.15) is 40.0 Å². The highest BCUT2D eigenvalue weighted by atomic mass is 32.2. The molecular formula is C12H26N2S. The predicted octanol–water partition coefficient (Wildman–Crippen LogP) is 2.33. The van der Waals surface area contributed by atoms with Crippen molar-refractivity contribution >= 4 is 11.8 Å². The molecule has 0 aromatic rings. The Hall–Kier alpha value is 0.270. The molecule has 1 rings (SSSR count). The van der Waals surface area contributed by atoms with Gasteiger partial charge in [-0.25, -0.2) is 0 Å². The highest BCUT2D eigenvalue weighted by Gasteiger charge is 2.32. The van der Waals surface area contributed by atoms with Crippen molar-refractivity contribution in [1.29, 1.82) is 0 Å². The average Bonchev–Trinajstić information content (AvgIpc) is 2.29. The molecule has 1 saturated heterocycles. The molecule has 0 aliphatic carbocycles. The summed E-state index contributed by atoms with van der Waals surface area (Å²) in [5.74, 6) is 1.28. The standard InChI is InChI=1S/C12H26N2S/c1-4-6-12(3,10-13)14-7-8-15-11(5-2)9-14/h11H,4-10,13H2,1-3H3. The number of rotatable bonds is 5. The highest BCUT2D eigenvalue weighted by molar-refractivity contribution is 8.00. The van der Waals surface area contributed by atoms with Crippen LogP contribution in [0.5, 0.6) is 0 Å². The van der Waals surface area contributed by atoms with Crippen LogP contribution in [0, 0.1) is 0 Å². The molecule has 1 fully saturated rings. The van der Waals surface area contributed by atoms with Crippen molar-refractivity contribution in [3.05, 3.63) is 0 Å². The lowest BCUT2D eigenvalue weighted by molar-refractivity contribution is 0.104. The van der Waals surface area contributed by atoms with E-state index in [0.29, 0.717) is 0 Å². The van der Waals surface area contributed by atoms with E-state index >= 15 is 0 Å². The summed E-state index contributed by atoms with van der Waals surface area (Å²) in [5.41, 5.74) is 6.20. The van der Waals surface area contributed by atoms with Crippen LogP contribution >= 0.6 is 11.8 Å². The van der Waals surface area contributed by atoms with Crippen molar-refractivity contribution in [1.82, 2.24) is 4.90 Å². The van der Waals surface area contributed by atoms with Gasteiger partial charge in [0, 0.05) is 36.2 Å². The van der Waals surface area contributed by atoms with Gasteiger partial charge in [-0.05, 0) is 19.8 Å². The lowest BCUT2D eigenvalue weighted by Crippen LogP contribution is -2.56. The van der Waals surface area contributed by atoms with E-state index in [1.165, 1.54) is 38.1 Å². The molecular weight excluding hydrogens is 204 g/mol. The first-order valence-electron chi connectivity index (χ1n) is 6.23. The summed E-state index contributed by atoms with van der Waals surface area (Å²) in [7, 11) is 0. The number of hydrogen-bond acceptors (Lipinski definition) is 3. The fourth-order valence-corrected chi connectivity index (χ4v) is 3.56. The van der Waals surface area contributed by atoms with E-state index < -0.39 is 0 Å². The topological polar surface area (TPSA) is 29.3 Å². The van der Waals surface area contributed by atoms with Gasteiger partial charge in [-0.1, -0.05) is 20.3 Å². The molecule has 15 heavy (non-hydrogen) atoms. The lowest BCUT2D eigenvalue weighted by atomic mass is 9.93. The molecule has 0 spiro atoms. The Morgan fingerprint density at radius 1 is 1.47 bits per heavy atom. The molecule has 2 unspecified atom stereocenters. The summed E-state index contributed by atoms with van der Waals surface area (Å²) >= 11 is 2.13. The lowest BCUT2D eigenvalue weighted by Gasteiger charge is -2.45. The van der Waals surface area contributed by atoms with Crippen LogP contribution in [0.15, 0.2) is 0 Å². The van der Waals surface area contributed by atoms with Crippen molar-refractivity contribution in [3.8, 4) is 0 Å². The van der Waals surface area contributed by atoms with Crippen molar-refractivity contribution < 1.29 is 0 Å². The highest BCUT2D eigenvalue weighted by Crippen LogP contribution is 2.28. The molecule has 2 N–H and O–H groups in total. The van der Waals surface area contributed by atoms with Gasteiger partial charge in [0.25, 0.3) is 0 Å². The molecule has 2 nitrogen and oxygen atoms in total. The summed E-state index contributed by atoms with van der Waals surface area (Å²) < 4.78 is 0. The van der Waals surface area contributed by atoms with E-state index in [0.717, 1.165) is 11.8 Å². The Labute approximate surface area is 99.0 Å². The molecule has 0 aromatic carbocycles. The summed E-state index contributed by atoms with van der Waals surface area (Å²) in [6.45, 7) is 10.1. The van der Waals surface area contributed by atoms with Gasteiger partial charge in [0.05, 0.1) is 0 Å². The fourth-order valence-electron chi connectivity index (χ4n) is 2.38.